The normalized spacial score (nSPS) is 11.9. The highest BCUT2D eigenvalue weighted by atomic mass is 16.2. The maximum absolute atomic E-state index is 14.0. The van der Waals surface area contributed by atoms with Crippen molar-refractivity contribution in [3.63, 3.8) is 0 Å². The Bertz CT molecular complexity index is 1360. The van der Waals surface area contributed by atoms with E-state index < -0.39 is 6.04 Å². The van der Waals surface area contributed by atoms with E-state index in [0.717, 1.165) is 22.3 Å². The molecule has 4 rings (SSSR count). The van der Waals surface area contributed by atoms with Gasteiger partial charge in [0.15, 0.2) is 0 Å². The second-order valence-electron chi connectivity index (χ2n) is 10.5. The first kappa shape index (κ1) is 27.1. The Morgan fingerprint density at radius 1 is 0.816 bits per heavy atom. The molecule has 196 valence electrons. The smallest absolute Gasteiger partial charge is 0.243 e. The third kappa shape index (κ3) is 7.32. The van der Waals surface area contributed by atoms with Gasteiger partial charge in [-0.25, -0.2) is 0 Å². The van der Waals surface area contributed by atoms with Gasteiger partial charge in [0, 0.05) is 25.9 Å². The number of fused-ring (bicyclic) bond motifs is 1. The molecular weight excluding hydrogens is 468 g/mol. The fourth-order valence-electron chi connectivity index (χ4n) is 4.88. The highest BCUT2D eigenvalue weighted by Gasteiger charge is 2.30. The van der Waals surface area contributed by atoms with Gasteiger partial charge in [-0.2, -0.15) is 0 Å². The predicted octanol–water partition coefficient (Wildman–Crippen LogP) is 6.49. The maximum Gasteiger partial charge on any atom is 0.243 e. The SMILES string of the molecule is Cc1cccc(CN(C(=O)CCc2cccc3ccccc23)[C@@H](Cc2ccccc2)C(=O)NCC(C)C)c1. The molecule has 0 saturated heterocycles. The Morgan fingerprint density at radius 3 is 2.26 bits per heavy atom. The van der Waals surface area contributed by atoms with Gasteiger partial charge in [0.25, 0.3) is 0 Å². The molecule has 2 amide bonds. The van der Waals surface area contributed by atoms with Crippen molar-refractivity contribution in [2.24, 2.45) is 5.92 Å². The summed E-state index contributed by atoms with van der Waals surface area (Å²) in [5.41, 5.74) is 4.34. The molecule has 4 aromatic carbocycles. The third-order valence-electron chi connectivity index (χ3n) is 6.88. The lowest BCUT2D eigenvalue weighted by Gasteiger charge is -2.32. The van der Waals surface area contributed by atoms with Crippen molar-refractivity contribution < 1.29 is 9.59 Å². The summed E-state index contributed by atoms with van der Waals surface area (Å²) in [7, 11) is 0. The largest absolute Gasteiger partial charge is 0.354 e. The number of nitrogens with zero attached hydrogens (tertiary/aromatic N) is 1. The summed E-state index contributed by atoms with van der Waals surface area (Å²) in [5, 5.41) is 5.44. The highest BCUT2D eigenvalue weighted by molar-refractivity contribution is 5.89. The molecule has 0 aliphatic carbocycles. The lowest BCUT2D eigenvalue weighted by molar-refractivity contribution is -0.141. The van der Waals surface area contributed by atoms with Crippen molar-refractivity contribution in [1.29, 1.82) is 0 Å². The Kier molecular flexibility index (Phi) is 9.31. The Balaban J connectivity index is 1.64. The van der Waals surface area contributed by atoms with Crippen LogP contribution in [-0.2, 0) is 29.0 Å². The molecule has 0 heterocycles. The number of carbonyl (C=O) groups is 2. The summed E-state index contributed by atoms with van der Waals surface area (Å²) in [4.78, 5) is 29.4. The number of carbonyl (C=O) groups excluding carboxylic acids is 2. The first-order valence-corrected chi connectivity index (χ1v) is 13.5. The van der Waals surface area contributed by atoms with Crippen LogP contribution in [-0.4, -0.2) is 29.3 Å². The summed E-state index contributed by atoms with van der Waals surface area (Å²) >= 11 is 0. The molecule has 4 aromatic rings. The van der Waals surface area contributed by atoms with E-state index in [2.05, 4.69) is 49.5 Å². The maximum atomic E-state index is 14.0. The van der Waals surface area contributed by atoms with Crippen molar-refractivity contribution in [1.82, 2.24) is 10.2 Å². The molecule has 0 fully saturated rings. The van der Waals surface area contributed by atoms with Gasteiger partial charge in [0.1, 0.15) is 6.04 Å². The zero-order valence-electron chi connectivity index (χ0n) is 22.7. The van der Waals surface area contributed by atoms with E-state index >= 15 is 0 Å². The summed E-state index contributed by atoms with van der Waals surface area (Å²) < 4.78 is 0. The molecule has 1 N–H and O–H groups in total. The lowest BCUT2D eigenvalue weighted by atomic mass is 9.99. The van der Waals surface area contributed by atoms with Gasteiger partial charge in [-0.3, -0.25) is 9.59 Å². The number of hydrogen-bond acceptors (Lipinski definition) is 2. The molecule has 0 bridgehead atoms. The second-order valence-corrected chi connectivity index (χ2v) is 10.5. The molecule has 0 aliphatic rings. The first-order chi connectivity index (χ1) is 18.4. The minimum Gasteiger partial charge on any atom is -0.354 e. The Morgan fingerprint density at radius 2 is 1.50 bits per heavy atom. The molecule has 0 saturated carbocycles. The van der Waals surface area contributed by atoms with Gasteiger partial charge < -0.3 is 10.2 Å². The summed E-state index contributed by atoms with van der Waals surface area (Å²) in [5.74, 6) is 0.206. The number of nitrogens with one attached hydrogen (secondary N) is 1. The van der Waals surface area contributed by atoms with E-state index in [1.165, 1.54) is 10.8 Å². The topological polar surface area (TPSA) is 49.4 Å². The average molecular weight is 507 g/mol. The second kappa shape index (κ2) is 13.0. The van der Waals surface area contributed by atoms with E-state index in [0.29, 0.717) is 38.3 Å². The van der Waals surface area contributed by atoms with Gasteiger partial charge in [-0.05, 0) is 46.7 Å². The highest BCUT2D eigenvalue weighted by Crippen LogP contribution is 2.22. The summed E-state index contributed by atoms with van der Waals surface area (Å²) in [6.45, 7) is 7.17. The van der Waals surface area contributed by atoms with Crippen LogP contribution in [0.3, 0.4) is 0 Å². The van der Waals surface area contributed by atoms with Gasteiger partial charge in [-0.1, -0.05) is 116 Å². The fourth-order valence-corrected chi connectivity index (χ4v) is 4.88. The fraction of sp³-hybridized carbons (Fsp3) is 0.294. The zero-order chi connectivity index (χ0) is 26.9. The van der Waals surface area contributed by atoms with Crippen LogP contribution >= 0.6 is 0 Å². The molecule has 0 aliphatic heterocycles. The molecule has 0 aromatic heterocycles. The number of benzene rings is 4. The van der Waals surface area contributed by atoms with E-state index in [4.69, 9.17) is 0 Å². The molecule has 4 nitrogen and oxygen atoms in total. The minimum atomic E-state index is -0.600. The van der Waals surface area contributed by atoms with Crippen LogP contribution in [0, 0.1) is 12.8 Å². The quantitative estimate of drug-likeness (QED) is 0.253. The number of hydrogen-bond donors (Lipinski definition) is 1. The van der Waals surface area contributed by atoms with E-state index in [-0.39, 0.29) is 11.8 Å². The first-order valence-electron chi connectivity index (χ1n) is 13.5. The molecule has 0 spiro atoms. The van der Waals surface area contributed by atoms with Crippen molar-refractivity contribution >= 4 is 22.6 Å². The molecular formula is C34H38N2O2. The zero-order valence-corrected chi connectivity index (χ0v) is 22.7. The van der Waals surface area contributed by atoms with Crippen LogP contribution in [0.1, 0.15) is 42.5 Å². The predicted molar refractivity (Wildman–Crippen MR) is 156 cm³/mol. The van der Waals surface area contributed by atoms with Crippen molar-refractivity contribution in [2.75, 3.05) is 6.54 Å². The summed E-state index contributed by atoms with van der Waals surface area (Å²) in [6.07, 6.45) is 1.43. The lowest BCUT2D eigenvalue weighted by Crippen LogP contribution is -2.51. The Labute approximate surface area is 226 Å². The monoisotopic (exact) mass is 506 g/mol. The van der Waals surface area contributed by atoms with Crippen LogP contribution in [0.4, 0.5) is 0 Å². The number of rotatable bonds is 11. The van der Waals surface area contributed by atoms with E-state index in [9.17, 15) is 9.59 Å². The minimum absolute atomic E-state index is 0.0138. The Hall–Kier alpha value is -3.92. The molecule has 4 heteroatoms. The van der Waals surface area contributed by atoms with Gasteiger partial charge >= 0.3 is 0 Å². The number of amides is 2. The van der Waals surface area contributed by atoms with Gasteiger partial charge in [0.05, 0.1) is 0 Å². The van der Waals surface area contributed by atoms with Crippen LogP contribution in [0.5, 0.6) is 0 Å². The van der Waals surface area contributed by atoms with Crippen molar-refractivity contribution in [3.05, 3.63) is 119 Å². The molecule has 0 unspecified atom stereocenters. The van der Waals surface area contributed by atoms with Crippen LogP contribution in [0.25, 0.3) is 10.8 Å². The average Bonchev–Trinajstić information content (AvgIpc) is 2.93. The van der Waals surface area contributed by atoms with Crippen LogP contribution in [0.2, 0.25) is 0 Å². The van der Waals surface area contributed by atoms with Crippen molar-refractivity contribution in [3.8, 4) is 0 Å². The van der Waals surface area contributed by atoms with Crippen LogP contribution < -0.4 is 5.32 Å². The third-order valence-corrected chi connectivity index (χ3v) is 6.88. The molecule has 38 heavy (non-hydrogen) atoms. The van der Waals surface area contributed by atoms with Crippen LogP contribution in [0.15, 0.2) is 97.1 Å². The molecule has 1 atom stereocenters. The standard InChI is InChI=1S/C34H38N2O2/c1-25(2)23-35-34(38)32(22-27-12-5-4-6-13-27)36(24-28-14-9-11-26(3)21-28)33(37)20-19-30-17-10-16-29-15-7-8-18-31(29)30/h4-18,21,25,32H,19-20,22-24H2,1-3H3,(H,35,38)/t32-/m0/s1. The van der Waals surface area contributed by atoms with E-state index in [1.807, 2.05) is 73.7 Å². The number of aryl methyl sites for hydroxylation is 2. The van der Waals surface area contributed by atoms with Gasteiger partial charge in [0.2, 0.25) is 11.8 Å². The van der Waals surface area contributed by atoms with E-state index in [1.54, 1.807) is 4.90 Å². The van der Waals surface area contributed by atoms with Crippen molar-refractivity contribution in [2.45, 2.75) is 52.6 Å². The summed E-state index contributed by atoms with van der Waals surface area (Å²) in [6, 6.07) is 32.1. The van der Waals surface area contributed by atoms with Gasteiger partial charge in [-0.15, -0.1) is 0 Å². The molecule has 0 radical (unpaired) electrons.